The average molecular weight is 306 g/mol. The van der Waals surface area contributed by atoms with Gasteiger partial charge >= 0.3 is 12.0 Å². The van der Waals surface area contributed by atoms with Crippen molar-refractivity contribution >= 4 is 29.4 Å². The Bertz CT molecular complexity index is 556. The number of benzene rings is 1. The molecule has 0 radical (unpaired) electrons. The van der Waals surface area contributed by atoms with Gasteiger partial charge in [-0.1, -0.05) is 18.2 Å². The van der Waals surface area contributed by atoms with Crippen LogP contribution < -0.4 is 4.90 Å². The number of hydrogen-bond donors (Lipinski definition) is 1. The van der Waals surface area contributed by atoms with Gasteiger partial charge in [-0.05, 0) is 23.8 Å². The smallest absolute Gasteiger partial charge is 0.324 e. The molecular formula is C15H18N2O3S. The van der Waals surface area contributed by atoms with E-state index in [2.05, 4.69) is 0 Å². The van der Waals surface area contributed by atoms with E-state index in [9.17, 15) is 14.7 Å². The summed E-state index contributed by atoms with van der Waals surface area (Å²) in [5.41, 5.74) is 1.48. The molecule has 1 N–H and O–H groups in total. The van der Waals surface area contributed by atoms with Gasteiger partial charge in [-0.3, -0.25) is 9.69 Å². The number of urea groups is 1. The van der Waals surface area contributed by atoms with Crippen molar-refractivity contribution < 1.29 is 14.7 Å². The minimum absolute atomic E-state index is 0.0614. The van der Waals surface area contributed by atoms with Gasteiger partial charge in [0.15, 0.2) is 0 Å². The largest absolute Gasteiger partial charge is 0.481 e. The zero-order valence-electron chi connectivity index (χ0n) is 11.7. The molecule has 5 nitrogen and oxygen atoms in total. The van der Waals surface area contributed by atoms with Crippen LogP contribution in [0.25, 0.3) is 0 Å². The van der Waals surface area contributed by atoms with E-state index < -0.39 is 11.9 Å². The van der Waals surface area contributed by atoms with Crippen LogP contribution in [0.5, 0.6) is 0 Å². The predicted molar refractivity (Wildman–Crippen MR) is 83.1 cm³/mol. The molecule has 2 aliphatic rings. The maximum absolute atomic E-state index is 12.7. The van der Waals surface area contributed by atoms with Crippen molar-refractivity contribution in [1.82, 2.24) is 4.90 Å². The fourth-order valence-corrected chi connectivity index (χ4v) is 3.79. The van der Waals surface area contributed by atoms with Gasteiger partial charge < -0.3 is 10.0 Å². The van der Waals surface area contributed by atoms with Gasteiger partial charge in [0.2, 0.25) is 0 Å². The molecule has 0 spiro atoms. The molecule has 1 fully saturated rings. The molecule has 0 aromatic heterocycles. The van der Waals surface area contributed by atoms with E-state index in [4.69, 9.17) is 0 Å². The maximum atomic E-state index is 12.7. The van der Waals surface area contributed by atoms with Crippen LogP contribution in [0.1, 0.15) is 17.9 Å². The fourth-order valence-electron chi connectivity index (χ4n) is 2.91. The van der Waals surface area contributed by atoms with Gasteiger partial charge in [0, 0.05) is 31.1 Å². The van der Waals surface area contributed by atoms with Crippen LogP contribution in [0.4, 0.5) is 10.5 Å². The number of amides is 2. The van der Waals surface area contributed by atoms with Gasteiger partial charge in [-0.15, -0.1) is 0 Å². The normalized spacial score (nSPS) is 21.8. The number of anilines is 1. The quantitative estimate of drug-likeness (QED) is 0.864. The van der Waals surface area contributed by atoms with E-state index in [-0.39, 0.29) is 12.6 Å². The summed E-state index contributed by atoms with van der Waals surface area (Å²) in [5, 5.41) is 9.36. The van der Waals surface area contributed by atoms with Crippen molar-refractivity contribution in [3.05, 3.63) is 29.8 Å². The molecule has 1 atom stereocenters. The van der Waals surface area contributed by atoms with Crippen LogP contribution >= 0.6 is 11.8 Å². The molecule has 21 heavy (non-hydrogen) atoms. The molecule has 0 saturated carbocycles. The standard InChI is InChI=1S/C15H18N2O3S/c18-14(19)12-10-17(13-5-2-1-4-11(12)13)15(20)16-6-3-8-21-9-7-16/h1-2,4-5,12H,3,6-10H2,(H,18,19). The van der Waals surface area contributed by atoms with E-state index in [1.165, 1.54) is 0 Å². The molecule has 0 bridgehead atoms. The highest BCUT2D eigenvalue weighted by atomic mass is 32.2. The molecule has 2 heterocycles. The second-order valence-corrected chi connectivity index (χ2v) is 6.52. The summed E-state index contributed by atoms with van der Waals surface area (Å²) in [4.78, 5) is 27.6. The third-order valence-corrected chi connectivity index (χ3v) is 5.04. The Morgan fingerprint density at radius 3 is 2.81 bits per heavy atom. The lowest BCUT2D eigenvalue weighted by Gasteiger charge is -2.27. The number of carbonyl (C=O) groups is 2. The highest BCUT2D eigenvalue weighted by molar-refractivity contribution is 7.99. The molecular weight excluding hydrogens is 288 g/mol. The molecule has 2 aliphatic heterocycles. The van der Waals surface area contributed by atoms with Crippen molar-refractivity contribution in [3.63, 3.8) is 0 Å². The molecule has 1 aromatic carbocycles. The highest BCUT2D eigenvalue weighted by Crippen LogP contribution is 2.36. The molecule has 0 aliphatic carbocycles. The summed E-state index contributed by atoms with van der Waals surface area (Å²) >= 11 is 1.86. The third-order valence-electron chi connectivity index (χ3n) is 3.99. The van der Waals surface area contributed by atoms with Crippen LogP contribution in [-0.4, -0.2) is 53.1 Å². The Morgan fingerprint density at radius 2 is 2.00 bits per heavy atom. The summed E-state index contributed by atoms with van der Waals surface area (Å²) in [6.45, 7) is 1.72. The topological polar surface area (TPSA) is 60.9 Å². The Kier molecular flexibility index (Phi) is 4.05. The number of carboxylic acids is 1. The number of aliphatic carboxylic acids is 1. The zero-order chi connectivity index (χ0) is 14.8. The van der Waals surface area contributed by atoms with Crippen LogP contribution in [0.2, 0.25) is 0 Å². The number of fused-ring (bicyclic) bond motifs is 1. The summed E-state index contributed by atoms with van der Waals surface area (Å²) in [5.74, 6) is 0.539. The van der Waals surface area contributed by atoms with E-state index in [1.54, 1.807) is 11.0 Å². The summed E-state index contributed by atoms with van der Waals surface area (Å²) in [6, 6.07) is 7.25. The van der Waals surface area contributed by atoms with Crippen LogP contribution in [0.15, 0.2) is 24.3 Å². The molecule has 112 valence electrons. The lowest BCUT2D eigenvalue weighted by Crippen LogP contribution is -2.44. The SMILES string of the molecule is O=C(O)C1CN(C(=O)N2CCCSCC2)c2ccccc21. The highest BCUT2D eigenvalue weighted by Gasteiger charge is 2.37. The van der Waals surface area contributed by atoms with Crippen molar-refractivity contribution in [3.8, 4) is 0 Å². The van der Waals surface area contributed by atoms with Gasteiger partial charge in [0.1, 0.15) is 5.92 Å². The average Bonchev–Trinajstić information content (AvgIpc) is 2.67. The second-order valence-electron chi connectivity index (χ2n) is 5.30. The number of thioether (sulfide) groups is 1. The Hall–Kier alpha value is -1.69. The number of hydrogen-bond acceptors (Lipinski definition) is 3. The lowest BCUT2D eigenvalue weighted by atomic mass is 10.0. The van der Waals surface area contributed by atoms with Gasteiger partial charge in [-0.25, -0.2) is 4.79 Å². The number of para-hydroxylation sites is 1. The van der Waals surface area contributed by atoms with Gasteiger partial charge in [0.05, 0.1) is 0 Å². The van der Waals surface area contributed by atoms with Crippen molar-refractivity contribution in [2.75, 3.05) is 36.0 Å². The second kappa shape index (κ2) is 5.97. The van der Waals surface area contributed by atoms with Crippen LogP contribution in [-0.2, 0) is 4.79 Å². The van der Waals surface area contributed by atoms with Crippen LogP contribution in [0, 0.1) is 0 Å². The summed E-state index contributed by atoms with van der Waals surface area (Å²) in [7, 11) is 0. The molecule has 1 saturated heterocycles. The Morgan fingerprint density at radius 1 is 1.19 bits per heavy atom. The number of rotatable bonds is 1. The third kappa shape index (κ3) is 2.72. The molecule has 1 aromatic rings. The van der Waals surface area contributed by atoms with Crippen LogP contribution in [0.3, 0.4) is 0 Å². The van der Waals surface area contributed by atoms with E-state index >= 15 is 0 Å². The monoisotopic (exact) mass is 306 g/mol. The van der Waals surface area contributed by atoms with Gasteiger partial charge in [-0.2, -0.15) is 11.8 Å². The number of carboxylic acid groups (broad SMARTS) is 1. The van der Waals surface area contributed by atoms with E-state index in [0.29, 0.717) is 0 Å². The maximum Gasteiger partial charge on any atom is 0.324 e. The lowest BCUT2D eigenvalue weighted by molar-refractivity contribution is -0.138. The molecule has 6 heteroatoms. The molecule has 2 amide bonds. The first-order valence-electron chi connectivity index (χ1n) is 7.14. The summed E-state index contributed by atoms with van der Waals surface area (Å²) in [6.07, 6.45) is 0.994. The first-order valence-corrected chi connectivity index (χ1v) is 8.30. The Labute approximate surface area is 127 Å². The Balaban J connectivity index is 1.85. The minimum Gasteiger partial charge on any atom is -0.481 e. The van der Waals surface area contributed by atoms with Crippen molar-refractivity contribution in [2.45, 2.75) is 12.3 Å². The first kappa shape index (κ1) is 14.3. The van der Waals surface area contributed by atoms with Crippen molar-refractivity contribution in [2.24, 2.45) is 0 Å². The van der Waals surface area contributed by atoms with E-state index in [0.717, 1.165) is 42.3 Å². The van der Waals surface area contributed by atoms with E-state index in [1.807, 2.05) is 34.9 Å². The van der Waals surface area contributed by atoms with Crippen molar-refractivity contribution in [1.29, 1.82) is 0 Å². The number of nitrogens with zero attached hydrogens (tertiary/aromatic N) is 2. The summed E-state index contributed by atoms with van der Waals surface area (Å²) < 4.78 is 0. The number of carbonyl (C=O) groups excluding carboxylic acids is 1. The van der Waals surface area contributed by atoms with Gasteiger partial charge in [0.25, 0.3) is 0 Å². The first-order chi connectivity index (χ1) is 10.2. The molecule has 1 unspecified atom stereocenters. The predicted octanol–water partition coefficient (Wildman–Crippen LogP) is 2.23. The fraction of sp³-hybridized carbons (Fsp3) is 0.467. The molecule has 3 rings (SSSR count). The zero-order valence-corrected chi connectivity index (χ0v) is 12.5. The minimum atomic E-state index is -0.871.